The molecule has 294 valence electrons. The van der Waals surface area contributed by atoms with Gasteiger partial charge in [0.05, 0.1) is 18.8 Å². The molecular formula is C45H85NO4. The molecule has 0 spiro atoms. The summed E-state index contributed by atoms with van der Waals surface area (Å²) < 4.78 is 0. The van der Waals surface area contributed by atoms with Crippen molar-refractivity contribution in [3.63, 3.8) is 0 Å². The lowest BCUT2D eigenvalue weighted by atomic mass is 10.0. The maximum Gasteiger partial charge on any atom is 0.220 e. The van der Waals surface area contributed by atoms with Gasteiger partial charge in [0.25, 0.3) is 0 Å². The van der Waals surface area contributed by atoms with Crippen molar-refractivity contribution >= 4 is 5.91 Å². The van der Waals surface area contributed by atoms with E-state index in [1.54, 1.807) is 0 Å². The number of nitrogens with one attached hydrogen (secondary N) is 1. The average Bonchev–Trinajstić information content (AvgIpc) is 3.12. The molecule has 1 amide bonds. The second kappa shape index (κ2) is 40.3. The van der Waals surface area contributed by atoms with E-state index in [4.69, 9.17) is 0 Å². The fourth-order valence-electron chi connectivity index (χ4n) is 6.53. The number of aliphatic hydroxyl groups excluding tert-OH is 3. The predicted octanol–water partition coefficient (Wildman–Crippen LogP) is 12.4. The first-order chi connectivity index (χ1) is 24.6. The molecule has 0 aliphatic carbocycles. The number of carbonyl (C=O) groups is 1. The molecule has 0 saturated heterocycles. The Labute approximate surface area is 311 Å². The third kappa shape index (κ3) is 35.0. The third-order valence-electron chi connectivity index (χ3n) is 9.94. The molecule has 0 rings (SSSR count). The molecule has 0 aromatic carbocycles. The van der Waals surface area contributed by atoms with Crippen LogP contribution in [0.1, 0.15) is 219 Å². The van der Waals surface area contributed by atoms with Crippen LogP contribution in [0.5, 0.6) is 0 Å². The number of carbonyl (C=O) groups excluding carboxylic acids is 1. The lowest BCUT2D eigenvalue weighted by Crippen LogP contribution is -2.50. The molecule has 0 aromatic heterocycles. The third-order valence-corrected chi connectivity index (χ3v) is 9.94. The number of amides is 1. The minimum Gasteiger partial charge on any atom is -0.394 e. The maximum atomic E-state index is 12.4. The van der Waals surface area contributed by atoms with Crippen LogP contribution < -0.4 is 5.32 Å². The number of allylic oxidation sites excluding steroid dienone is 6. The van der Waals surface area contributed by atoms with Gasteiger partial charge >= 0.3 is 0 Å². The smallest absolute Gasteiger partial charge is 0.220 e. The first kappa shape index (κ1) is 48.6. The van der Waals surface area contributed by atoms with Gasteiger partial charge in [0.2, 0.25) is 5.91 Å². The lowest BCUT2D eigenvalue weighted by molar-refractivity contribution is -0.124. The molecule has 5 heteroatoms. The number of hydrogen-bond acceptors (Lipinski definition) is 4. The number of rotatable bonds is 39. The van der Waals surface area contributed by atoms with Crippen LogP contribution in [0.15, 0.2) is 36.5 Å². The average molecular weight is 704 g/mol. The van der Waals surface area contributed by atoms with Crippen LogP contribution in [0.4, 0.5) is 0 Å². The molecule has 0 aliphatic rings. The Balaban J connectivity index is 3.68. The van der Waals surface area contributed by atoms with Crippen molar-refractivity contribution in [2.24, 2.45) is 0 Å². The highest BCUT2D eigenvalue weighted by Crippen LogP contribution is 2.15. The van der Waals surface area contributed by atoms with E-state index in [0.717, 1.165) is 51.4 Å². The van der Waals surface area contributed by atoms with Gasteiger partial charge in [-0.25, -0.2) is 0 Å². The van der Waals surface area contributed by atoms with Crippen molar-refractivity contribution in [1.29, 1.82) is 0 Å². The highest BCUT2D eigenvalue weighted by molar-refractivity contribution is 5.76. The van der Waals surface area contributed by atoms with E-state index in [2.05, 4.69) is 55.6 Å². The minimum absolute atomic E-state index is 0.169. The highest BCUT2D eigenvalue weighted by Gasteiger charge is 2.26. The molecule has 50 heavy (non-hydrogen) atoms. The Bertz CT molecular complexity index is 779. The predicted molar refractivity (Wildman–Crippen MR) is 218 cm³/mol. The Kier molecular flexibility index (Phi) is 39.2. The molecule has 0 radical (unpaired) electrons. The zero-order chi connectivity index (χ0) is 36.6. The van der Waals surface area contributed by atoms with Gasteiger partial charge in [-0.1, -0.05) is 172 Å². The van der Waals surface area contributed by atoms with Crippen LogP contribution in [0, 0.1) is 0 Å². The van der Waals surface area contributed by atoms with Crippen molar-refractivity contribution in [3.05, 3.63) is 36.5 Å². The lowest BCUT2D eigenvalue weighted by Gasteiger charge is -2.26. The van der Waals surface area contributed by atoms with Gasteiger partial charge in [-0.15, -0.1) is 0 Å². The Hall–Kier alpha value is -1.43. The summed E-state index contributed by atoms with van der Waals surface area (Å²) in [5.41, 5.74) is 0. The molecule has 3 unspecified atom stereocenters. The molecule has 4 N–H and O–H groups in total. The Morgan fingerprint density at radius 1 is 0.480 bits per heavy atom. The summed E-state index contributed by atoms with van der Waals surface area (Å²) in [5.74, 6) is -0.169. The first-order valence-electron chi connectivity index (χ1n) is 21.8. The number of aliphatic hydroxyl groups is 3. The van der Waals surface area contributed by atoms with Gasteiger partial charge < -0.3 is 20.6 Å². The van der Waals surface area contributed by atoms with E-state index in [1.165, 1.54) is 141 Å². The molecule has 3 atom stereocenters. The van der Waals surface area contributed by atoms with Crippen molar-refractivity contribution in [2.75, 3.05) is 6.61 Å². The fourth-order valence-corrected chi connectivity index (χ4v) is 6.53. The topological polar surface area (TPSA) is 89.8 Å². The summed E-state index contributed by atoms with van der Waals surface area (Å²) in [6.45, 7) is 4.13. The number of hydrogen-bond donors (Lipinski definition) is 4. The zero-order valence-corrected chi connectivity index (χ0v) is 33.3. The van der Waals surface area contributed by atoms with Crippen molar-refractivity contribution in [2.45, 2.75) is 238 Å². The van der Waals surface area contributed by atoms with Crippen LogP contribution in [0.3, 0.4) is 0 Å². The van der Waals surface area contributed by atoms with Gasteiger partial charge in [-0.3, -0.25) is 4.79 Å². The quantitative estimate of drug-likeness (QED) is 0.0379. The maximum absolute atomic E-state index is 12.4. The molecular weight excluding hydrogens is 618 g/mol. The molecule has 5 nitrogen and oxygen atoms in total. The standard InChI is InChI=1S/C45H85NO4/c1-3-5-7-9-11-13-15-17-18-19-20-21-22-23-24-25-26-27-28-29-31-33-35-37-39-43(48)45(50)42(41-47)46-44(49)40-38-36-34-32-30-16-14-12-10-8-6-4-2/h12,14,26-27,31,33,42-43,45,47-48,50H,3-11,13,15-25,28-30,32,34-41H2,1-2H3,(H,46,49)/b14-12-,27-26+,33-31+. The van der Waals surface area contributed by atoms with E-state index in [-0.39, 0.29) is 12.5 Å². The van der Waals surface area contributed by atoms with Crippen LogP contribution in [-0.4, -0.2) is 46.1 Å². The summed E-state index contributed by atoms with van der Waals surface area (Å²) in [6.07, 6.45) is 49.8. The van der Waals surface area contributed by atoms with E-state index >= 15 is 0 Å². The summed E-state index contributed by atoms with van der Waals surface area (Å²) in [7, 11) is 0. The van der Waals surface area contributed by atoms with Gasteiger partial charge in [-0.05, 0) is 77.0 Å². The summed E-state index contributed by atoms with van der Waals surface area (Å²) in [4.78, 5) is 12.4. The van der Waals surface area contributed by atoms with E-state index in [0.29, 0.717) is 12.8 Å². The number of unbranched alkanes of at least 4 members (excludes halogenated alkanes) is 25. The summed E-state index contributed by atoms with van der Waals surface area (Å²) in [5, 5.41) is 33.4. The molecule has 0 heterocycles. The monoisotopic (exact) mass is 704 g/mol. The molecule has 0 bridgehead atoms. The van der Waals surface area contributed by atoms with Crippen LogP contribution in [0.2, 0.25) is 0 Å². The minimum atomic E-state index is -1.17. The van der Waals surface area contributed by atoms with Gasteiger partial charge in [0.1, 0.15) is 6.10 Å². The largest absolute Gasteiger partial charge is 0.394 e. The van der Waals surface area contributed by atoms with Crippen LogP contribution >= 0.6 is 0 Å². The summed E-state index contributed by atoms with van der Waals surface area (Å²) >= 11 is 0. The van der Waals surface area contributed by atoms with Crippen LogP contribution in [0.25, 0.3) is 0 Å². The Morgan fingerprint density at radius 3 is 1.26 bits per heavy atom. The second-order valence-corrected chi connectivity index (χ2v) is 14.9. The molecule has 0 fully saturated rings. The van der Waals surface area contributed by atoms with Gasteiger partial charge in [-0.2, -0.15) is 0 Å². The van der Waals surface area contributed by atoms with Crippen molar-refractivity contribution < 1.29 is 20.1 Å². The molecule has 0 saturated carbocycles. The second-order valence-electron chi connectivity index (χ2n) is 14.9. The SMILES string of the molecule is CCCCC/C=C\CCCCCCCC(=O)NC(CO)C(O)C(O)CCC/C=C/CC/C=C/CCCCCCCCCCCCCCCCC. The van der Waals surface area contributed by atoms with Crippen LogP contribution in [-0.2, 0) is 4.79 Å². The van der Waals surface area contributed by atoms with E-state index in [9.17, 15) is 20.1 Å². The molecule has 0 aliphatic heterocycles. The van der Waals surface area contributed by atoms with E-state index in [1.807, 2.05) is 0 Å². The molecule has 0 aromatic rings. The first-order valence-corrected chi connectivity index (χ1v) is 21.8. The fraction of sp³-hybridized carbons (Fsp3) is 0.844. The van der Waals surface area contributed by atoms with E-state index < -0.39 is 18.2 Å². The van der Waals surface area contributed by atoms with Crippen molar-refractivity contribution in [3.8, 4) is 0 Å². The summed E-state index contributed by atoms with van der Waals surface area (Å²) in [6, 6.07) is -0.835. The zero-order valence-electron chi connectivity index (χ0n) is 33.3. The van der Waals surface area contributed by atoms with Crippen molar-refractivity contribution in [1.82, 2.24) is 5.32 Å². The Morgan fingerprint density at radius 2 is 0.820 bits per heavy atom. The van der Waals surface area contributed by atoms with Gasteiger partial charge in [0.15, 0.2) is 0 Å². The highest BCUT2D eigenvalue weighted by atomic mass is 16.3. The van der Waals surface area contributed by atoms with Gasteiger partial charge in [0, 0.05) is 6.42 Å². The normalized spacial score (nSPS) is 13.9.